The summed E-state index contributed by atoms with van der Waals surface area (Å²) < 4.78 is 0. The Morgan fingerprint density at radius 3 is 2.82 bits per heavy atom. The summed E-state index contributed by atoms with van der Waals surface area (Å²) >= 11 is 0. The molecule has 3 heteroatoms. The topological polar surface area (TPSA) is 39.1 Å². The van der Waals surface area contributed by atoms with E-state index in [2.05, 4.69) is 37.2 Å². The standard InChI is InChI=1S/C14H21N3/c1-12(2)16-8-5-9-17(3)14-7-4-6-13(10-14)11-15/h4,6-7,10,12,16H,5,8-9H2,1-3H3. The molecule has 0 heterocycles. The minimum atomic E-state index is 0.544. The first-order chi connectivity index (χ1) is 8.13. The van der Waals surface area contributed by atoms with Gasteiger partial charge in [0.1, 0.15) is 0 Å². The molecule has 3 nitrogen and oxygen atoms in total. The van der Waals surface area contributed by atoms with Crippen LogP contribution < -0.4 is 10.2 Å². The van der Waals surface area contributed by atoms with Crippen molar-refractivity contribution >= 4 is 5.69 Å². The average Bonchev–Trinajstić information content (AvgIpc) is 2.34. The molecule has 0 aliphatic carbocycles. The molecule has 1 aromatic rings. The lowest BCUT2D eigenvalue weighted by molar-refractivity contribution is 0.570. The van der Waals surface area contributed by atoms with Gasteiger partial charge in [0, 0.05) is 25.3 Å². The second kappa shape index (κ2) is 6.93. The van der Waals surface area contributed by atoms with Crippen LogP contribution in [-0.2, 0) is 0 Å². The maximum absolute atomic E-state index is 8.84. The lowest BCUT2D eigenvalue weighted by Crippen LogP contribution is -2.27. The first-order valence-electron chi connectivity index (χ1n) is 6.08. The summed E-state index contributed by atoms with van der Waals surface area (Å²) in [4.78, 5) is 2.18. The number of nitrogens with one attached hydrogen (secondary N) is 1. The Labute approximate surface area is 104 Å². The van der Waals surface area contributed by atoms with Crippen molar-refractivity contribution in [2.75, 3.05) is 25.0 Å². The van der Waals surface area contributed by atoms with Crippen molar-refractivity contribution in [3.63, 3.8) is 0 Å². The number of hydrogen-bond acceptors (Lipinski definition) is 3. The molecule has 0 aromatic heterocycles. The second-order valence-electron chi connectivity index (χ2n) is 4.55. The third kappa shape index (κ3) is 4.88. The summed E-state index contributed by atoms with van der Waals surface area (Å²) in [5.41, 5.74) is 1.82. The van der Waals surface area contributed by atoms with Crippen LogP contribution >= 0.6 is 0 Å². The smallest absolute Gasteiger partial charge is 0.0992 e. The summed E-state index contributed by atoms with van der Waals surface area (Å²) in [5.74, 6) is 0. The molecule has 0 radical (unpaired) electrons. The van der Waals surface area contributed by atoms with Crippen LogP contribution in [0.4, 0.5) is 5.69 Å². The van der Waals surface area contributed by atoms with Gasteiger partial charge < -0.3 is 10.2 Å². The molecule has 17 heavy (non-hydrogen) atoms. The molecule has 0 bridgehead atoms. The van der Waals surface area contributed by atoms with E-state index in [1.807, 2.05) is 24.3 Å². The van der Waals surface area contributed by atoms with Gasteiger partial charge in [-0.1, -0.05) is 19.9 Å². The molecule has 1 N–H and O–H groups in total. The van der Waals surface area contributed by atoms with E-state index in [1.54, 1.807) is 0 Å². The summed E-state index contributed by atoms with van der Waals surface area (Å²) in [5, 5.41) is 12.2. The Morgan fingerprint density at radius 1 is 1.41 bits per heavy atom. The Balaban J connectivity index is 2.41. The maximum Gasteiger partial charge on any atom is 0.0992 e. The van der Waals surface area contributed by atoms with Gasteiger partial charge in [-0.15, -0.1) is 0 Å². The molecule has 0 spiro atoms. The van der Waals surface area contributed by atoms with E-state index in [4.69, 9.17) is 5.26 Å². The van der Waals surface area contributed by atoms with Gasteiger partial charge in [0.2, 0.25) is 0 Å². The first-order valence-corrected chi connectivity index (χ1v) is 6.08. The van der Waals surface area contributed by atoms with Gasteiger partial charge in [-0.25, -0.2) is 0 Å². The van der Waals surface area contributed by atoms with Crippen LogP contribution in [0.2, 0.25) is 0 Å². The van der Waals surface area contributed by atoms with E-state index in [9.17, 15) is 0 Å². The third-order valence-corrected chi connectivity index (χ3v) is 2.64. The van der Waals surface area contributed by atoms with E-state index in [-0.39, 0.29) is 0 Å². The monoisotopic (exact) mass is 231 g/mol. The second-order valence-corrected chi connectivity index (χ2v) is 4.55. The molecule has 92 valence electrons. The highest BCUT2D eigenvalue weighted by atomic mass is 15.1. The predicted molar refractivity (Wildman–Crippen MR) is 72.2 cm³/mol. The quantitative estimate of drug-likeness (QED) is 0.764. The molecular weight excluding hydrogens is 210 g/mol. The number of anilines is 1. The molecular formula is C14H21N3. The Hall–Kier alpha value is -1.53. The first kappa shape index (κ1) is 13.5. The number of nitriles is 1. The van der Waals surface area contributed by atoms with Gasteiger partial charge in [0.05, 0.1) is 11.6 Å². The van der Waals surface area contributed by atoms with Crippen molar-refractivity contribution in [2.24, 2.45) is 0 Å². The highest BCUT2D eigenvalue weighted by Gasteiger charge is 2.01. The molecule has 0 unspecified atom stereocenters. The number of benzene rings is 1. The van der Waals surface area contributed by atoms with Crippen LogP contribution in [0.15, 0.2) is 24.3 Å². The number of hydrogen-bond donors (Lipinski definition) is 1. The lowest BCUT2D eigenvalue weighted by Gasteiger charge is -2.19. The minimum Gasteiger partial charge on any atom is -0.375 e. The Morgan fingerprint density at radius 2 is 2.18 bits per heavy atom. The highest BCUT2D eigenvalue weighted by molar-refractivity contribution is 5.50. The summed E-state index contributed by atoms with van der Waals surface area (Å²) in [6.07, 6.45) is 1.10. The van der Waals surface area contributed by atoms with Gasteiger partial charge in [-0.2, -0.15) is 5.26 Å². The zero-order valence-electron chi connectivity index (χ0n) is 10.9. The molecule has 0 aliphatic heterocycles. The van der Waals surface area contributed by atoms with Crippen LogP contribution in [0.5, 0.6) is 0 Å². The largest absolute Gasteiger partial charge is 0.375 e. The van der Waals surface area contributed by atoms with Crippen molar-refractivity contribution in [2.45, 2.75) is 26.3 Å². The summed E-state index contributed by atoms with van der Waals surface area (Å²) in [6, 6.07) is 10.4. The van der Waals surface area contributed by atoms with Gasteiger partial charge in [0.15, 0.2) is 0 Å². The highest BCUT2D eigenvalue weighted by Crippen LogP contribution is 2.14. The molecule has 0 aliphatic rings. The van der Waals surface area contributed by atoms with Crippen molar-refractivity contribution in [3.05, 3.63) is 29.8 Å². The lowest BCUT2D eigenvalue weighted by atomic mass is 10.2. The van der Waals surface area contributed by atoms with Crippen LogP contribution in [0.1, 0.15) is 25.8 Å². The molecule has 1 rings (SSSR count). The van der Waals surface area contributed by atoms with E-state index < -0.39 is 0 Å². The van der Waals surface area contributed by atoms with Gasteiger partial charge in [0.25, 0.3) is 0 Å². The molecule has 0 fully saturated rings. The SMILES string of the molecule is CC(C)NCCCN(C)c1cccc(C#N)c1. The van der Waals surface area contributed by atoms with E-state index in [1.165, 1.54) is 0 Å². The molecule has 0 saturated carbocycles. The molecule has 0 atom stereocenters. The Kier molecular flexibility index (Phi) is 5.51. The van der Waals surface area contributed by atoms with Gasteiger partial charge in [-0.05, 0) is 31.2 Å². The molecule has 0 saturated heterocycles. The van der Waals surface area contributed by atoms with Crippen LogP contribution in [-0.4, -0.2) is 26.2 Å². The maximum atomic E-state index is 8.84. The van der Waals surface area contributed by atoms with Crippen molar-refractivity contribution in [1.29, 1.82) is 5.26 Å². The number of rotatable bonds is 6. The average molecular weight is 231 g/mol. The predicted octanol–water partition coefficient (Wildman–Crippen LogP) is 2.38. The van der Waals surface area contributed by atoms with Crippen LogP contribution in [0, 0.1) is 11.3 Å². The molecule has 0 amide bonds. The fourth-order valence-electron chi connectivity index (χ4n) is 1.65. The van der Waals surface area contributed by atoms with Gasteiger partial charge >= 0.3 is 0 Å². The normalized spacial score (nSPS) is 10.3. The Bertz CT molecular complexity index is 379. The fourth-order valence-corrected chi connectivity index (χ4v) is 1.65. The van der Waals surface area contributed by atoms with Crippen LogP contribution in [0.3, 0.4) is 0 Å². The zero-order valence-corrected chi connectivity index (χ0v) is 10.9. The van der Waals surface area contributed by atoms with Crippen molar-refractivity contribution < 1.29 is 0 Å². The van der Waals surface area contributed by atoms with Gasteiger partial charge in [-0.3, -0.25) is 0 Å². The van der Waals surface area contributed by atoms with E-state index >= 15 is 0 Å². The van der Waals surface area contributed by atoms with Crippen molar-refractivity contribution in [3.8, 4) is 6.07 Å². The molecule has 1 aromatic carbocycles. The van der Waals surface area contributed by atoms with Crippen LogP contribution in [0.25, 0.3) is 0 Å². The van der Waals surface area contributed by atoms with Crippen molar-refractivity contribution in [1.82, 2.24) is 5.32 Å². The minimum absolute atomic E-state index is 0.544. The zero-order chi connectivity index (χ0) is 12.7. The van der Waals surface area contributed by atoms with E-state index in [0.29, 0.717) is 6.04 Å². The third-order valence-electron chi connectivity index (χ3n) is 2.64. The summed E-state index contributed by atoms with van der Waals surface area (Å²) in [7, 11) is 2.06. The number of nitrogens with zero attached hydrogens (tertiary/aromatic N) is 2. The summed E-state index contributed by atoms with van der Waals surface area (Å²) in [6.45, 7) is 6.33. The fraction of sp³-hybridized carbons (Fsp3) is 0.500. The van der Waals surface area contributed by atoms with E-state index in [0.717, 1.165) is 30.8 Å².